The molecule has 0 aliphatic heterocycles. The Morgan fingerprint density at radius 3 is 1.88 bits per heavy atom. The van der Waals surface area contributed by atoms with E-state index >= 15 is 0 Å². The van der Waals surface area contributed by atoms with Gasteiger partial charge in [0.25, 0.3) is 0 Å². The van der Waals surface area contributed by atoms with E-state index in [2.05, 4.69) is 20.8 Å². The Labute approximate surface area is 157 Å². The Morgan fingerprint density at radius 1 is 0.760 bits per heavy atom. The maximum Gasteiger partial charge on any atom is 0.331 e. The van der Waals surface area contributed by atoms with Gasteiger partial charge < -0.3 is 5.11 Å². The molecular weight excluding hydrogens is 308 g/mol. The molecule has 2 nitrogen and oxygen atoms in total. The maximum absolute atomic E-state index is 11.6. The van der Waals surface area contributed by atoms with E-state index in [-0.39, 0.29) is 0 Å². The van der Waals surface area contributed by atoms with E-state index in [1.807, 2.05) is 6.08 Å². The average Bonchev–Trinajstić information content (AvgIpc) is 2.60. The molecule has 2 heteroatoms. The van der Waals surface area contributed by atoms with Crippen LogP contribution in [0.25, 0.3) is 0 Å². The van der Waals surface area contributed by atoms with Crippen LogP contribution in [0, 0.1) is 5.92 Å². The van der Waals surface area contributed by atoms with Crippen molar-refractivity contribution in [1.82, 2.24) is 0 Å². The van der Waals surface area contributed by atoms with Crippen molar-refractivity contribution in [1.29, 1.82) is 0 Å². The molecule has 0 spiro atoms. The number of allylic oxidation sites excluding steroid dienone is 1. The van der Waals surface area contributed by atoms with Crippen LogP contribution >= 0.6 is 0 Å². The number of hydrogen-bond donors (Lipinski definition) is 1. The topological polar surface area (TPSA) is 37.3 Å². The van der Waals surface area contributed by atoms with Crippen LogP contribution in [0.15, 0.2) is 11.6 Å². The van der Waals surface area contributed by atoms with E-state index in [1.54, 1.807) is 0 Å². The molecule has 0 saturated carbocycles. The van der Waals surface area contributed by atoms with Crippen molar-refractivity contribution in [2.75, 3.05) is 0 Å². The fourth-order valence-corrected chi connectivity index (χ4v) is 3.47. The summed E-state index contributed by atoms with van der Waals surface area (Å²) < 4.78 is 0. The zero-order chi connectivity index (χ0) is 18.8. The van der Waals surface area contributed by atoms with Crippen LogP contribution in [0.1, 0.15) is 124 Å². The Balaban J connectivity index is 4.32. The molecule has 0 saturated heterocycles. The predicted octanol–water partition coefficient (Wildman–Crippen LogP) is 7.91. The van der Waals surface area contributed by atoms with Gasteiger partial charge in [-0.2, -0.15) is 0 Å². The molecule has 0 rings (SSSR count). The fourth-order valence-electron chi connectivity index (χ4n) is 3.47. The molecule has 1 atom stereocenters. The summed E-state index contributed by atoms with van der Waals surface area (Å²) in [6.07, 6.45) is 21.3. The van der Waals surface area contributed by atoms with Gasteiger partial charge in [-0.25, -0.2) is 4.79 Å². The summed E-state index contributed by atoms with van der Waals surface area (Å²) in [6.45, 7) is 6.70. The van der Waals surface area contributed by atoms with Crippen LogP contribution in [-0.4, -0.2) is 11.1 Å². The minimum Gasteiger partial charge on any atom is -0.478 e. The summed E-state index contributed by atoms with van der Waals surface area (Å²) in [5, 5.41) is 9.56. The summed E-state index contributed by atoms with van der Waals surface area (Å²) in [5.41, 5.74) is 0.671. The highest BCUT2D eigenvalue weighted by Crippen LogP contribution is 2.25. The molecule has 1 unspecified atom stereocenters. The number of carboxylic acids is 1. The molecular formula is C23H44O2. The van der Waals surface area contributed by atoms with Crippen molar-refractivity contribution in [3.8, 4) is 0 Å². The standard InChI is InChI=1S/C23H44O2/c1-4-7-10-12-13-14-16-19-22(23(24)25)20-21(17-9-6-3)18-15-11-8-5-2/h19,21H,4-18,20H2,1-3H3,(H,24,25). The molecule has 0 radical (unpaired) electrons. The van der Waals surface area contributed by atoms with Crippen molar-refractivity contribution in [3.63, 3.8) is 0 Å². The van der Waals surface area contributed by atoms with E-state index in [4.69, 9.17) is 0 Å². The second-order valence-electron chi connectivity index (χ2n) is 7.65. The first-order valence-electron chi connectivity index (χ1n) is 11.1. The second kappa shape index (κ2) is 18.0. The first-order chi connectivity index (χ1) is 12.2. The first kappa shape index (κ1) is 24.2. The van der Waals surface area contributed by atoms with Crippen LogP contribution in [0.3, 0.4) is 0 Å². The molecule has 0 aromatic carbocycles. The Bertz CT molecular complexity index is 333. The minimum atomic E-state index is -0.693. The summed E-state index contributed by atoms with van der Waals surface area (Å²) in [5.74, 6) is -0.134. The summed E-state index contributed by atoms with van der Waals surface area (Å²) in [7, 11) is 0. The van der Waals surface area contributed by atoms with Crippen molar-refractivity contribution in [3.05, 3.63) is 11.6 Å². The average molecular weight is 353 g/mol. The lowest BCUT2D eigenvalue weighted by molar-refractivity contribution is -0.133. The lowest BCUT2D eigenvalue weighted by Crippen LogP contribution is -2.09. The van der Waals surface area contributed by atoms with Gasteiger partial charge in [0.1, 0.15) is 0 Å². The van der Waals surface area contributed by atoms with Gasteiger partial charge in [0.05, 0.1) is 0 Å². The highest BCUT2D eigenvalue weighted by atomic mass is 16.4. The predicted molar refractivity (Wildman–Crippen MR) is 110 cm³/mol. The van der Waals surface area contributed by atoms with Gasteiger partial charge in [-0.3, -0.25) is 0 Å². The molecule has 0 amide bonds. The SMILES string of the molecule is CCCCCCCCC=C(CC(CCCC)CCCCCC)C(=O)O. The Kier molecular flexibility index (Phi) is 17.4. The van der Waals surface area contributed by atoms with Gasteiger partial charge in [0.2, 0.25) is 0 Å². The number of unbranched alkanes of at least 4 members (excludes halogenated alkanes) is 10. The number of aliphatic carboxylic acids is 1. The summed E-state index contributed by atoms with van der Waals surface area (Å²) in [4.78, 5) is 11.6. The van der Waals surface area contributed by atoms with Gasteiger partial charge in [0.15, 0.2) is 0 Å². The van der Waals surface area contributed by atoms with E-state index in [0.717, 1.165) is 19.3 Å². The van der Waals surface area contributed by atoms with Crippen LogP contribution in [-0.2, 0) is 4.79 Å². The van der Waals surface area contributed by atoms with Crippen LogP contribution in [0.2, 0.25) is 0 Å². The molecule has 0 heterocycles. The highest BCUT2D eigenvalue weighted by Gasteiger charge is 2.15. The van der Waals surface area contributed by atoms with Gasteiger partial charge in [0, 0.05) is 5.57 Å². The maximum atomic E-state index is 11.6. The molecule has 25 heavy (non-hydrogen) atoms. The second-order valence-corrected chi connectivity index (χ2v) is 7.65. The van der Waals surface area contributed by atoms with Crippen molar-refractivity contribution >= 4 is 5.97 Å². The fraction of sp³-hybridized carbons (Fsp3) is 0.870. The monoisotopic (exact) mass is 352 g/mol. The zero-order valence-corrected chi connectivity index (χ0v) is 17.3. The molecule has 0 aliphatic rings. The molecule has 0 fully saturated rings. The van der Waals surface area contributed by atoms with Gasteiger partial charge >= 0.3 is 5.97 Å². The molecule has 0 aliphatic carbocycles. The third-order valence-corrected chi connectivity index (χ3v) is 5.16. The van der Waals surface area contributed by atoms with Crippen LogP contribution in [0.5, 0.6) is 0 Å². The highest BCUT2D eigenvalue weighted by molar-refractivity contribution is 5.86. The van der Waals surface area contributed by atoms with E-state index in [0.29, 0.717) is 11.5 Å². The summed E-state index contributed by atoms with van der Waals surface area (Å²) in [6, 6.07) is 0. The van der Waals surface area contributed by atoms with Crippen molar-refractivity contribution in [2.24, 2.45) is 5.92 Å². The van der Waals surface area contributed by atoms with E-state index in [1.165, 1.54) is 83.5 Å². The summed E-state index contributed by atoms with van der Waals surface area (Å²) >= 11 is 0. The molecule has 1 N–H and O–H groups in total. The van der Waals surface area contributed by atoms with Crippen LogP contribution < -0.4 is 0 Å². The quantitative estimate of drug-likeness (QED) is 0.201. The van der Waals surface area contributed by atoms with Crippen molar-refractivity contribution < 1.29 is 9.90 Å². The first-order valence-corrected chi connectivity index (χ1v) is 11.1. The van der Waals surface area contributed by atoms with Crippen LogP contribution in [0.4, 0.5) is 0 Å². The van der Waals surface area contributed by atoms with E-state index < -0.39 is 5.97 Å². The lowest BCUT2D eigenvalue weighted by atomic mass is 9.88. The zero-order valence-electron chi connectivity index (χ0n) is 17.3. The molecule has 0 aromatic heterocycles. The largest absolute Gasteiger partial charge is 0.478 e. The van der Waals surface area contributed by atoms with Gasteiger partial charge in [-0.15, -0.1) is 0 Å². The lowest BCUT2D eigenvalue weighted by Gasteiger charge is -2.17. The van der Waals surface area contributed by atoms with Crippen molar-refractivity contribution in [2.45, 2.75) is 124 Å². The third kappa shape index (κ3) is 15.2. The Hall–Kier alpha value is -0.790. The third-order valence-electron chi connectivity index (χ3n) is 5.16. The molecule has 0 bridgehead atoms. The molecule has 0 aromatic rings. The number of carboxylic acid groups (broad SMARTS) is 1. The van der Waals surface area contributed by atoms with Gasteiger partial charge in [-0.05, 0) is 25.2 Å². The van der Waals surface area contributed by atoms with Gasteiger partial charge in [-0.1, -0.05) is 110 Å². The number of rotatable bonds is 18. The minimum absolute atomic E-state index is 0.559. The molecule has 148 valence electrons. The smallest absolute Gasteiger partial charge is 0.331 e. The normalized spacial score (nSPS) is 13.2. The number of hydrogen-bond acceptors (Lipinski definition) is 1. The van der Waals surface area contributed by atoms with E-state index in [9.17, 15) is 9.90 Å². The Morgan fingerprint density at radius 2 is 1.28 bits per heavy atom. The number of carbonyl (C=O) groups is 1.